The first-order valence-corrected chi connectivity index (χ1v) is 8.57. The molecule has 19 heavy (non-hydrogen) atoms. The van der Waals surface area contributed by atoms with Crippen molar-refractivity contribution in [2.75, 3.05) is 26.2 Å². The number of likely N-dealkylation sites (tertiary alicyclic amines) is 2. The summed E-state index contributed by atoms with van der Waals surface area (Å²) in [5, 5.41) is 0. The molecule has 2 aliphatic rings. The minimum atomic E-state index is 0.665. The van der Waals surface area contributed by atoms with Crippen LogP contribution in [0, 0.1) is 0 Å². The van der Waals surface area contributed by atoms with Gasteiger partial charge in [0.25, 0.3) is 0 Å². The van der Waals surface area contributed by atoms with Crippen LogP contribution in [-0.2, 0) is 6.54 Å². The Labute approximate surface area is 124 Å². The molecule has 1 aromatic heterocycles. The lowest BCUT2D eigenvalue weighted by Gasteiger charge is -2.40. The van der Waals surface area contributed by atoms with Crippen molar-refractivity contribution in [3.63, 3.8) is 0 Å². The smallest absolute Gasteiger partial charge is 0.183 e. The summed E-state index contributed by atoms with van der Waals surface area (Å²) >= 11 is 7.50. The van der Waals surface area contributed by atoms with Crippen LogP contribution in [0.1, 0.15) is 37.0 Å². The molecule has 2 saturated heterocycles. The van der Waals surface area contributed by atoms with Crippen LogP contribution in [0.4, 0.5) is 0 Å². The van der Waals surface area contributed by atoms with Gasteiger partial charge in [-0.3, -0.25) is 4.90 Å². The topological polar surface area (TPSA) is 19.4 Å². The average molecular weight is 300 g/mol. The van der Waals surface area contributed by atoms with Crippen molar-refractivity contribution in [1.82, 2.24) is 14.8 Å². The third kappa shape index (κ3) is 3.69. The van der Waals surface area contributed by atoms with Gasteiger partial charge in [-0.05, 0) is 38.8 Å². The number of nitrogens with zero attached hydrogens (tertiary/aromatic N) is 3. The van der Waals surface area contributed by atoms with Crippen LogP contribution in [-0.4, -0.2) is 47.0 Å². The van der Waals surface area contributed by atoms with E-state index in [2.05, 4.69) is 14.8 Å². The molecule has 3 nitrogen and oxygen atoms in total. The molecule has 0 spiro atoms. The molecule has 0 saturated carbocycles. The van der Waals surface area contributed by atoms with Gasteiger partial charge in [0.15, 0.2) is 4.47 Å². The maximum Gasteiger partial charge on any atom is 0.183 e. The second-order valence-corrected chi connectivity index (χ2v) is 7.38. The van der Waals surface area contributed by atoms with Crippen molar-refractivity contribution in [1.29, 1.82) is 0 Å². The number of rotatable bonds is 3. The summed E-state index contributed by atoms with van der Waals surface area (Å²) in [4.78, 5) is 10.7. The molecular formula is C14H22ClN3S. The lowest BCUT2D eigenvalue weighted by molar-refractivity contribution is 0.0900. The highest BCUT2D eigenvalue weighted by atomic mass is 35.5. The molecule has 0 bridgehead atoms. The summed E-state index contributed by atoms with van der Waals surface area (Å²) in [7, 11) is 0. The Hall–Kier alpha value is -0.160. The van der Waals surface area contributed by atoms with E-state index < -0.39 is 0 Å². The van der Waals surface area contributed by atoms with E-state index in [0.29, 0.717) is 4.47 Å². The second-order valence-electron chi connectivity index (χ2n) is 5.68. The molecule has 0 amide bonds. The minimum absolute atomic E-state index is 0.665. The van der Waals surface area contributed by atoms with Gasteiger partial charge in [-0.1, -0.05) is 18.0 Å². The van der Waals surface area contributed by atoms with Crippen molar-refractivity contribution in [3.05, 3.63) is 15.5 Å². The highest BCUT2D eigenvalue weighted by molar-refractivity contribution is 7.15. The fraction of sp³-hybridized carbons (Fsp3) is 0.786. The van der Waals surface area contributed by atoms with Crippen molar-refractivity contribution in [2.24, 2.45) is 0 Å². The Bertz CT molecular complexity index is 395. The van der Waals surface area contributed by atoms with Crippen LogP contribution in [0.15, 0.2) is 6.20 Å². The zero-order chi connectivity index (χ0) is 13.1. The number of piperidine rings is 2. The molecular weight excluding hydrogens is 278 g/mol. The number of aromatic nitrogens is 1. The molecule has 0 aromatic carbocycles. The zero-order valence-electron chi connectivity index (χ0n) is 11.4. The van der Waals surface area contributed by atoms with Gasteiger partial charge >= 0.3 is 0 Å². The van der Waals surface area contributed by atoms with Crippen molar-refractivity contribution < 1.29 is 0 Å². The van der Waals surface area contributed by atoms with Gasteiger partial charge in [0.05, 0.1) is 0 Å². The highest BCUT2D eigenvalue weighted by Gasteiger charge is 2.25. The van der Waals surface area contributed by atoms with Crippen LogP contribution in [0.5, 0.6) is 0 Å². The van der Waals surface area contributed by atoms with E-state index in [1.165, 1.54) is 63.2 Å². The van der Waals surface area contributed by atoms with E-state index in [9.17, 15) is 0 Å². The van der Waals surface area contributed by atoms with Gasteiger partial charge in [-0.25, -0.2) is 4.98 Å². The molecule has 0 aliphatic carbocycles. The van der Waals surface area contributed by atoms with Gasteiger partial charge in [0.1, 0.15) is 0 Å². The van der Waals surface area contributed by atoms with Crippen molar-refractivity contribution in [2.45, 2.75) is 44.7 Å². The van der Waals surface area contributed by atoms with Crippen molar-refractivity contribution >= 4 is 22.9 Å². The molecule has 0 N–H and O–H groups in total. The lowest BCUT2D eigenvalue weighted by atomic mass is 10.00. The van der Waals surface area contributed by atoms with Crippen LogP contribution < -0.4 is 0 Å². The molecule has 106 valence electrons. The van der Waals surface area contributed by atoms with E-state index >= 15 is 0 Å². The first kappa shape index (κ1) is 13.8. The SMILES string of the molecule is Clc1ncc(CN2CCC(N3CCCCC3)CC2)s1. The summed E-state index contributed by atoms with van der Waals surface area (Å²) < 4.78 is 0.665. The molecule has 3 heterocycles. The summed E-state index contributed by atoms with van der Waals surface area (Å²) in [6.45, 7) is 6.12. The molecule has 0 radical (unpaired) electrons. The predicted octanol–water partition coefficient (Wildman–Crippen LogP) is 3.25. The molecule has 5 heteroatoms. The molecule has 0 unspecified atom stereocenters. The van der Waals surface area contributed by atoms with Gasteiger partial charge < -0.3 is 4.90 Å². The maximum atomic E-state index is 5.89. The summed E-state index contributed by atoms with van der Waals surface area (Å²) in [6.07, 6.45) is 8.81. The number of halogens is 1. The van der Waals surface area contributed by atoms with E-state index in [-0.39, 0.29) is 0 Å². The quantitative estimate of drug-likeness (QED) is 0.854. The summed E-state index contributed by atoms with van der Waals surface area (Å²) in [6, 6.07) is 0.835. The standard InChI is InChI=1S/C14H22ClN3S/c15-14-16-10-13(19-14)11-17-8-4-12(5-9-17)18-6-2-1-3-7-18/h10,12H,1-9,11H2. The minimum Gasteiger partial charge on any atom is -0.300 e. The summed E-state index contributed by atoms with van der Waals surface area (Å²) in [5.41, 5.74) is 0. The average Bonchev–Trinajstić information content (AvgIpc) is 2.86. The molecule has 2 aliphatic heterocycles. The number of hydrogen-bond donors (Lipinski definition) is 0. The first-order valence-electron chi connectivity index (χ1n) is 7.38. The lowest BCUT2D eigenvalue weighted by Crippen LogP contribution is -2.46. The Morgan fingerprint density at radius 2 is 1.89 bits per heavy atom. The van der Waals surface area contributed by atoms with Crippen LogP contribution in [0.2, 0.25) is 4.47 Å². The van der Waals surface area contributed by atoms with Gasteiger partial charge in [0.2, 0.25) is 0 Å². The van der Waals surface area contributed by atoms with E-state index in [4.69, 9.17) is 11.6 Å². The fourth-order valence-corrected chi connectivity index (χ4v) is 4.32. The maximum absolute atomic E-state index is 5.89. The molecule has 3 rings (SSSR count). The van der Waals surface area contributed by atoms with Crippen LogP contribution in [0.3, 0.4) is 0 Å². The normalized spacial score (nSPS) is 23.8. The van der Waals surface area contributed by atoms with E-state index in [1.807, 2.05) is 6.20 Å². The zero-order valence-corrected chi connectivity index (χ0v) is 12.9. The molecule has 1 aromatic rings. The Morgan fingerprint density at radius 1 is 1.16 bits per heavy atom. The van der Waals surface area contributed by atoms with Gasteiger partial charge in [0, 0.05) is 36.8 Å². The summed E-state index contributed by atoms with van der Waals surface area (Å²) in [5.74, 6) is 0. The number of hydrogen-bond acceptors (Lipinski definition) is 4. The van der Waals surface area contributed by atoms with Gasteiger partial charge in [-0.2, -0.15) is 0 Å². The predicted molar refractivity (Wildman–Crippen MR) is 80.8 cm³/mol. The monoisotopic (exact) mass is 299 g/mol. The third-order valence-corrected chi connectivity index (χ3v) is 5.47. The third-order valence-electron chi connectivity index (χ3n) is 4.37. The highest BCUT2D eigenvalue weighted by Crippen LogP contribution is 2.24. The molecule has 0 atom stereocenters. The number of thiazole rings is 1. The second kappa shape index (κ2) is 6.53. The molecule has 2 fully saturated rings. The largest absolute Gasteiger partial charge is 0.300 e. The van der Waals surface area contributed by atoms with Gasteiger partial charge in [-0.15, -0.1) is 11.3 Å². The Morgan fingerprint density at radius 3 is 2.53 bits per heavy atom. The van der Waals surface area contributed by atoms with Crippen LogP contribution >= 0.6 is 22.9 Å². The van der Waals surface area contributed by atoms with Crippen LogP contribution in [0.25, 0.3) is 0 Å². The van der Waals surface area contributed by atoms with E-state index in [1.54, 1.807) is 11.3 Å². The first-order chi connectivity index (χ1) is 9.31. The Kier molecular flexibility index (Phi) is 4.74. The fourth-order valence-electron chi connectivity index (χ4n) is 3.30. The Balaban J connectivity index is 1.46. The van der Waals surface area contributed by atoms with E-state index in [0.717, 1.165) is 12.6 Å². The van der Waals surface area contributed by atoms with Crippen molar-refractivity contribution in [3.8, 4) is 0 Å².